The smallest absolute Gasteiger partial charge is 0.408 e. The first kappa shape index (κ1) is 26.6. The highest BCUT2D eigenvalue weighted by Crippen LogP contribution is 2.40. The Morgan fingerprint density at radius 1 is 1.15 bits per heavy atom. The molecule has 2 aromatic heterocycles. The average Bonchev–Trinajstić information content (AvgIpc) is 3.29. The third-order valence-corrected chi connectivity index (χ3v) is 8.44. The number of imidazole rings is 1. The summed E-state index contributed by atoms with van der Waals surface area (Å²) in [4.78, 5) is 40.7. The van der Waals surface area contributed by atoms with Crippen LogP contribution in [-0.2, 0) is 17.9 Å². The molecule has 1 aromatic carbocycles. The van der Waals surface area contributed by atoms with Gasteiger partial charge in [-0.05, 0) is 43.9 Å². The molecule has 3 aliphatic heterocycles. The van der Waals surface area contributed by atoms with Crippen molar-refractivity contribution in [3.8, 4) is 5.75 Å². The van der Waals surface area contributed by atoms with Crippen LogP contribution in [0.15, 0.2) is 49.1 Å². The van der Waals surface area contributed by atoms with Crippen molar-refractivity contribution >= 4 is 23.6 Å². The summed E-state index contributed by atoms with van der Waals surface area (Å²) >= 11 is 6.31. The highest BCUT2D eigenvalue weighted by Gasteiger charge is 2.42. The Labute approximate surface area is 238 Å². The topological polar surface area (TPSA) is 104 Å². The lowest BCUT2D eigenvalue weighted by molar-refractivity contribution is -0.141. The van der Waals surface area contributed by atoms with Gasteiger partial charge in [0.05, 0.1) is 23.8 Å². The van der Waals surface area contributed by atoms with Crippen molar-refractivity contribution in [3.05, 3.63) is 76.6 Å². The number of benzene rings is 1. The minimum Gasteiger partial charge on any atom is -0.488 e. The van der Waals surface area contributed by atoms with Crippen LogP contribution in [0.5, 0.6) is 5.75 Å². The van der Waals surface area contributed by atoms with Crippen LogP contribution >= 0.6 is 11.6 Å². The average molecular weight is 565 g/mol. The molecule has 0 aliphatic carbocycles. The maximum Gasteiger partial charge on any atom is 0.408 e. The van der Waals surface area contributed by atoms with Crippen molar-refractivity contribution in [2.75, 3.05) is 32.7 Å². The van der Waals surface area contributed by atoms with Gasteiger partial charge >= 0.3 is 6.09 Å². The Hall–Kier alpha value is -3.63. The molecule has 0 spiro atoms. The van der Waals surface area contributed by atoms with Crippen LogP contribution in [0.2, 0.25) is 5.02 Å². The minimum absolute atomic E-state index is 0.138. The molecule has 210 valence electrons. The molecular formula is C29H33ClN6O4. The fourth-order valence-corrected chi connectivity index (χ4v) is 6.49. The number of carbonyl (C=O) groups is 2. The minimum atomic E-state index is -1.07. The predicted molar refractivity (Wildman–Crippen MR) is 148 cm³/mol. The first-order valence-electron chi connectivity index (χ1n) is 13.7. The summed E-state index contributed by atoms with van der Waals surface area (Å²) in [5.74, 6) is 0.824. The molecule has 3 aliphatic rings. The second-order valence-electron chi connectivity index (χ2n) is 10.9. The largest absolute Gasteiger partial charge is 0.488 e. The van der Waals surface area contributed by atoms with E-state index < -0.39 is 12.1 Å². The fraction of sp³-hybridized carbons (Fsp3) is 0.448. The van der Waals surface area contributed by atoms with Crippen molar-refractivity contribution in [2.45, 2.75) is 45.0 Å². The van der Waals surface area contributed by atoms with E-state index >= 15 is 0 Å². The van der Waals surface area contributed by atoms with Gasteiger partial charge in [-0.25, -0.2) is 9.78 Å². The third-order valence-electron chi connectivity index (χ3n) is 8.21. The molecule has 40 heavy (non-hydrogen) atoms. The first-order valence-corrected chi connectivity index (χ1v) is 14.1. The van der Waals surface area contributed by atoms with Gasteiger partial charge in [0, 0.05) is 67.8 Å². The first-order chi connectivity index (χ1) is 19.4. The number of rotatable bonds is 4. The van der Waals surface area contributed by atoms with Gasteiger partial charge in [-0.2, -0.15) is 0 Å². The molecule has 2 amide bonds. The molecule has 0 saturated carbocycles. The van der Waals surface area contributed by atoms with Crippen LogP contribution in [0.3, 0.4) is 0 Å². The lowest BCUT2D eigenvalue weighted by Gasteiger charge is -2.44. The standard InChI is InChI=1S/C29H33ClN6O4/c1-19-13-33(18-32-19)14-20-4-3-9-35(15-20)28(37)24-16-34(10-11-36(24)29(38)39)27-23-7-6-22(30)12-25(23)40-17-21-5-2-8-31-26(21)27/h2,5-8,12-13,18,20,24,27H,3-4,9-11,14-17H2,1H3,(H,38,39)/t20-,24+,27-/m0/s1. The molecule has 2 fully saturated rings. The summed E-state index contributed by atoms with van der Waals surface area (Å²) in [5.41, 5.74) is 3.68. The van der Waals surface area contributed by atoms with E-state index in [9.17, 15) is 14.7 Å². The summed E-state index contributed by atoms with van der Waals surface area (Å²) in [6.07, 6.45) is 6.44. The fourth-order valence-electron chi connectivity index (χ4n) is 6.32. The summed E-state index contributed by atoms with van der Waals surface area (Å²) in [6, 6.07) is 8.35. The number of carboxylic acid groups (broad SMARTS) is 1. The highest BCUT2D eigenvalue weighted by atomic mass is 35.5. The van der Waals surface area contributed by atoms with Crippen molar-refractivity contribution in [2.24, 2.45) is 5.92 Å². The molecule has 0 unspecified atom stereocenters. The number of nitrogens with zero attached hydrogens (tertiary/aromatic N) is 6. The number of amides is 2. The summed E-state index contributed by atoms with van der Waals surface area (Å²) in [7, 11) is 0. The summed E-state index contributed by atoms with van der Waals surface area (Å²) in [5, 5.41) is 10.6. The summed E-state index contributed by atoms with van der Waals surface area (Å²) in [6.45, 7) is 5.28. The Morgan fingerprint density at radius 2 is 2.02 bits per heavy atom. The number of halogens is 1. The van der Waals surface area contributed by atoms with Gasteiger partial charge in [0.1, 0.15) is 18.4 Å². The van der Waals surface area contributed by atoms with E-state index in [1.165, 1.54) is 4.90 Å². The van der Waals surface area contributed by atoms with E-state index in [0.717, 1.165) is 41.9 Å². The van der Waals surface area contributed by atoms with Gasteiger partial charge < -0.3 is 19.3 Å². The van der Waals surface area contributed by atoms with Crippen LogP contribution in [0.1, 0.15) is 41.4 Å². The monoisotopic (exact) mass is 564 g/mol. The second-order valence-corrected chi connectivity index (χ2v) is 11.3. The molecule has 2 saturated heterocycles. The number of pyridine rings is 1. The van der Waals surface area contributed by atoms with Gasteiger partial charge in [-0.1, -0.05) is 23.7 Å². The van der Waals surface area contributed by atoms with Crippen molar-refractivity contribution in [1.29, 1.82) is 0 Å². The number of hydrogen-bond acceptors (Lipinski definition) is 6. The van der Waals surface area contributed by atoms with Crippen molar-refractivity contribution < 1.29 is 19.4 Å². The zero-order chi connectivity index (χ0) is 27.8. The zero-order valence-corrected chi connectivity index (χ0v) is 23.2. The van der Waals surface area contributed by atoms with Crippen molar-refractivity contribution in [3.63, 3.8) is 0 Å². The molecule has 1 N–H and O–H groups in total. The Kier molecular flexibility index (Phi) is 7.37. The second kappa shape index (κ2) is 11.1. The van der Waals surface area contributed by atoms with Gasteiger partial charge in [0.15, 0.2) is 0 Å². The highest BCUT2D eigenvalue weighted by molar-refractivity contribution is 6.30. The number of carbonyl (C=O) groups excluding carboxylic acids is 1. The van der Waals surface area contributed by atoms with E-state index in [1.54, 1.807) is 6.20 Å². The maximum atomic E-state index is 14.0. The van der Waals surface area contributed by atoms with E-state index in [0.29, 0.717) is 37.0 Å². The SMILES string of the molecule is Cc1cn(C[C@@H]2CCCN(C(=O)[C@H]3CN([C@H]4c5ccc(Cl)cc5OCc5cccnc54)CCN3C(=O)O)C2)cn1. The van der Waals surface area contributed by atoms with E-state index in [-0.39, 0.29) is 31.0 Å². The van der Waals surface area contributed by atoms with Crippen LogP contribution in [0.25, 0.3) is 0 Å². The van der Waals surface area contributed by atoms with Crippen LogP contribution < -0.4 is 4.74 Å². The quantitative estimate of drug-likeness (QED) is 0.513. The molecule has 11 heteroatoms. The van der Waals surface area contributed by atoms with Gasteiger partial charge in [0.25, 0.3) is 0 Å². The lowest BCUT2D eigenvalue weighted by Crippen LogP contribution is -2.62. The van der Waals surface area contributed by atoms with Crippen molar-refractivity contribution in [1.82, 2.24) is 29.2 Å². The zero-order valence-electron chi connectivity index (χ0n) is 22.4. The molecule has 5 heterocycles. The van der Waals surface area contributed by atoms with E-state index in [1.807, 2.05) is 54.7 Å². The molecule has 0 bridgehead atoms. The molecule has 0 radical (unpaired) electrons. The number of fused-ring (bicyclic) bond motifs is 2. The Bertz CT molecular complexity index is 1410. The number of piperazine rings is 1. The normalized spacial score (nSPS) is 23.1. The predicted octanol–water partition coefficient (Wildman–Crippen LogP) is 3.82. The van der Waals surface area contributed by atoms with E-state index in [4.69, 9.17) is 21.3 Å². The Morgan fingerprint density at radius 3 is 2.83 bits per heavy atom. The summed E-state index contributed by atoms with van der Waals surface area (Å²) < 4.78 is 8.20. The molecular weight excluding hydrogens is 532 g/mol. The molecule has 3 aromatic rings. The van der Waals surface area contributed by atoms with Gasteiger partial charge in [-0.3, -0.25) is 19.6 Å². The maximum absolute atomic E-state index is 14.0. The Balaban J connectivity index is 1.27. The molecule has 3 atom stereocenters. The number of likely N-dealkylation sites (tertiary alicyclic amines) is 1. The van der Waals surface area contributed by atoms with Crippen LogP contribution in [0.4, 0.5) is 4.79 Å². The van der Waals surface area contributed by atoms with Crippen LogP contribution in [-0.4, -0.2) is 85.1 Å². The van der Waals surface area contributed by atoms with Gasteiger partial charge in [0.2, 0.25) is 5.91 Å². The third kappa shape index (κ3) is 5.25. The van der Waals surface area contributed by atoms with E-state index in [2.05, 4.69) is 14.5 Å². The number of aryl methyl sites for hydroxylation is 1. The number of hydrogen-bond donors (Lipinski definition) is 1. The lowest BCUT2D eigenvalue weighted by atomic mass is 9.95. The molecule has 10 nitrogen and oxygen atoms in total. The van der Waals surface area contributed by atoms with Crippen LogP contribution in [0, 0.1) is 12.8 Å². The van der Waals surface area contributed by atoms with Gasteiger partial charge in [-0.15, -0.1) is 0 Å². The molecule has 6 rings (SSSR count). The number of aromatic nitrogens is 3. The number of ether oxygens (including phenoxy) is 1. The number of piperidine rings is 1.